The minimum absolute atomic E-state index is 0.132. The molecule has 162 valence electrons. The van der Waals surface area contributed by atoms with E-state index >= 15 is 0 Å². The molecule has 1 saturated heterocycles. The lowest BCUT2D eigenvalue weighted by atomic mass is 10.2. The third-order valence-corrected chi connectivity index (χ3v) is 5.43. The van der Waals surface area contributed by atoms with E-state index in [0.717, 1.165) is 55.3 Å². The summed E-state index contributed by atoms with van der Waals surface area (Å²) in [6.07, 6.45) is 5.61. The van der Waals surface area contributed by atoms with Gasteiger partial charge in [0.05, 0.1) is 17.6 Å². The van der Waals surface area contributed by atoms with Crippen LogP contribution in [0.3, 0.4) is 0 Å². The predicted octanol–water partition coefficient (Wildman–Crippen LogP) is 2.02. The average molecular weight is 422 g/mol. The monoisotopic (exact) mass is 421 g/mol. The van der Waals surface area contributed by atoms with Crippen molar-refractivity contribution in [3.8, 4) is 0 Å². The third-order valence-electron chi connectivity index (χ3n) is 5.43. The summed E-state index contributed by atoms with van der Waals surface area (Å²) in [4.78, 5) is 36.9. The van der Waals surface area contributed by atoms with Gasteiger partial charge in [0.1, 0.15) is 5.65 Å². The van der Waals surface area contributed by atoms with Gasteiger partial charge in [0.2, 0.25) is 5.91 Å². The summed E-state index contributed by atoms with van der Waals surface area (Å²) in [7, 11) is 0. The highest BCUT2D eigenvalue weighted by Crippen LogP contribution is 2.14. The number of fused-ring (bicyclic) bond motifs is 1. The van der Waals surface area contributed by atoms with Gasteiger partial charge in [-0.15, -0.1) is 0 Å². The van der Waals surface area contributed by atoms with Crippen LogP contribution in [0, 0.1) is 6.92 Å². The van der Waals surface area contributed by atoms with Crippen molar-refractivity contribution in [2.24, 2.45) is 0 Å². The molecule has 0 saturated carbocycles. The van der Waals surface area contributed by atoms with Gasteiger partial charge < -0.3 is 19.9 Å². The first-order valence-electron chi connectivity index (χ1n) is 10.4. The normalized spacial score (nSPS) is 14.6. The van der Waals surface area contributed by atoms with Gasteiger partial charge in [0.15, 0.2) is 0 Å². The molecule has 3 aromatic heterocycles. The molecule has 0 radical (unpaired) electrons. The zero-order valence-corrected chi connectivity index (χ0v) is 17.8. The second-order valence-corrected chi connectivity index (χ2v) is 7.77. The minimum atomic E-state index is -0.289. The second-order valence-electron chi connectivity index (χ2n) is 7.77. The highest BCUT2D eigenvalue weighted by atomic mass is 16.2. The smallest absolute Gasteiger partial charge is 0.319 e. The van der Waals surface area contributed by atoms with E-state index in [1.54, 1.807) is 13.1 Å². The van der Waals surface area contributed by atoms with Crippen molar-refractivity contribution in [3.05, 3.63) is 59.8 Å². The quantitative estimate of drug-likeness (QED) is 0.657. The number of nitrogens with one attached hydrogen (secondary N) is 2. The van der Waals surface area contributed by atoms with E-state index in [2.05, 4.69) is 20.5 Å². The molecule has 0 unspecified atom stereocenters. The molecular weight excluding hydrogens is 394 g/mol. The van der Waals surface area contributed by atoms with Crippen molar-refractivity contribution in [2.45, 2.75) is 26.9 Å². The van der Waals surface area contributed by atoms with Crippen LogP contribution in [0.4, 0.5) is 10.5 Å². The fraction of sp³-hybridized carbons (Fsp3) is 0.364. The Morgan fingerprint density at radius 2 is 1.94 bits per heavy atom. The van der Waals surface area contributed by atoms with Gasteiger partial charge in [-0.3, -0.25) is 14.7 Å². The summed E-state index contributed by atoms with van der Waals surface area (Å²) in [5, 5.41) is 5.67. The number of imidazole rings is 1. The number of carbonyl (C=O) groups excluding carboxylic acids is 2. The number of rotatable bonds is 5. The molecule has 4 heterocycles. The Labute approximate surface area is 181 Å². The van der Waals surface area contributed by atoms with Crippen LogP contribution >= 0.6 is 0 Å². The number of hydrogen-bond acceptors (Lipinski definition) is 5. The number of aromatic nitrogens is 3. The molecule has 1 aliphatic heterocycles. The summed E-state index contributed by atoms with van der Waals surface area (Å²) in [5.74, 6) is 0.132. The number of anilines is 1. The van der Waals surface area contributed by atoms with Gasteiger partial charge in [-0.2, -0.15) is 0 Å². The maximum Gasteiger partial charge on any atom is 0.319 e. The van der Waals surface area contributed by atoms with E-state index < -0.39 is 0 Å². The van der Waals surface area contributed by atoms with Crippen LogP contribution in [0.25, 0.3) is 5.65 Å². The van der Waals surface area contributed by atoms with Crippen LogP contribution in [-0.4, -0.2) is 62.3 Å². The zero-order chi connectivity index (χ0) is 21.8. The van der Waals surface area contributed by atoms with Crippen molar-refractivity contribution in [3.63, 3.8) is 0 Å². The lowest BCUT2D eigenvalue weighted by Gasteiger charge is -2.33. The van der Waals surface area contributed by atoms with E-state index in [1.165, 1.54) is 0 Å². The molecule has 0 atom stereocenters. The molecule has 0 aliphatic carbocycles. The Kier molecular flexibility index (Phi) is 6.13. The van der Waals surface area contributed by atoms with Gasteiger partial charge in [-0.05, 0) is 25.1 Å². The maximum atomic E-state index is 12.2. The fourth-order valence-corrected chi connectivity index (χ4v) is 3.68. The first kappa shape index (κ1) is 20.8. The summed E-state index contributed by atoms with van der Waals surface area (Å²) in [6, 6.07) is 7.29. The molecule has 9 nitrogen and oxygen atoms in total. The van der Waals surface area contributed by atoms with E-state index in [-0.39, 0.29) is 11.9 Å². The Bertz CT molecular complexity index is 1070. The van der Waals surface area contributed by atoms with Crippen LogP contribution in [-0.2, 0) is 17.9 Å². The zero-order valence-electron chi connectivity index (χ0n) is 17.8. The molecule has 0 bridgehead atoms. The van der Waals surface area contributed by atoms with Crippen LogP contribution in [0.5, 0.6) is 0 Å². The Morgan fingerprint density at radius 3 is 2.65 bits per heavy atom. The Balaban J connectivity index is 1.37. The third kappa shape index (κ3) is 5.18. The number of piperazine rings is 1. The molecule has 31 heavy (non-hydrogen) atoms. The van der Waals surface area contributed by atoms with Crippen molar-refractivity contribution >= 4 is 23.3 Å². The Morgan fingerprint density at radius 1 is 1.13 bits per heavy atom. The molecule has 2 N–H and O–H groups in total. The first-order chi connectivity index (χ1) is 15.0. The minimum Gasteiger partial charge on any atom is -0.340 e. The summed E-state index contributed by atoms with van der Waals surface area (Å²) < 4.78 is 1.99. The highest BCUT2D eigenvalue weighted by Gasteiger charge is 2.19. The van der Waals surface area contributed by atoms with Gasteiger partial charge in [0, 0.05) is 69.8 Å². The second kappa shape index (κ2) is 9.13. The standard InChI is InChI=1S/C22H27N7O2/c1-16-5-6-19(13-23-16)26-22(31)24-12-18-4-3-7-29-15-20(25-21(18)29)14-27-8-10-28(11-9-27)17(2)30/h3-7,13,15H,8-12,14H2,1-2H3,(H2,24,26,31). The van der Waals surface area contributed by atoms with Gasteiger partial charge in [-0.1, -0.05) is 6.07 Å². The first-order valence-corrected chi connectivity index (χ1v) is 10.4. The van der Waals surface area contributed by atoms with Crippen LogP contribution in [0.2, 0.25) is 0 Å². The van der Waals surface area contributed by atoms with Crippen molar-refractivity contribution < 1.29 is 9.59 Å². The molecule has 3 amide bonds. The maximum absolute atomic E-state index is 12.2. The average Bonchev–Trinajstić information content (AvgIpc) is 3.17. The van der Waals surface area contributed by atoms with Crippen molar-refractivity contribution in [2.75, 3.05) is 31.5 Å². The molecule has 0 spiro atoms. The van der Waals surface area contributed by atoms with E-state index in [1.807, 2.05) is 52.9 Å². The number of aryl methyl sites for hydroxylation is 1. The van der Waals surface area contributed by atoms with E-state index in [9.17, 15) is 9.59 Å². The number of hydrogen-bond donors (Lipinski definition) is 2. The largest absolute Gasteiger partial charge is 0.340 e. The van der Waals surface area contributed by atoms with Gasteiger partial charge in [0.25, 0.3) is 0 Å². The number of urea groups is 1. The molecule has 1 fully saturated rings. The van der Waals surface area contributed by atoms with Crippen LogP contribution < -0.4 is 10.6 Å². The molecule has 9 heteroatoms. The summed E-state index contributed by atoms with van der Waals surface area (Å²) in [6.45, 7) is 7.81. The topological polar surface area (TPSA) is 94.9 Å². The lowest BCUT2D eigenvalue weighted by Crippen LogP contribution is -2.47. The van der Waals surface area contributed by atoms with Crippen LogP contribution in [0.1, 0.15) is 23.9 Å². The highest BCUT2D eigenvalue weighted by molar-refractivity contribution is 5.89. The van der Waals surface area contributed by atoms with Gasteiger partial charge >= 0.3 is 6.03 Å². The summed E-state index contributed by atoms with van der Waals surface area (Å²) >= 11 is 0. The number of pyridine rings is 2. The molecule has 1 aliphatic rings. The van der Waals surface area contributed by atoms with Crippen LogP contribution in [0.15, 0.2) is 42.9 Å². The van der Waals surface area contributed by atoms with E-state index in [0.29, 0.717) is 12.2 Å². The van der Waals surface area contributed by atoms with Crippen molar-refractivity contribution in [1.82, 2.24) is 29.5 Å². The molecular formula is C22H27N7O2. The lowest BCUT2D eigenvalue weighted by molar-refractivity contribution is -0.130. The van der Waals surface area contributed by atoms with E-state index in [4.69, 9.17) is 4.98 Å². The molecule has 3 aromatic rings. The van der Waals surface area contributed by atoms with Gasteiger partial charge in [-0.25, -0.2) is 9.78 Å². The Hall–Kier alpha value is -3.46. The number of nitrogens with zero attached hydrogens (tertiary/aromatic N) is 5. The van der Waals surface area contributed by atoms with Crippen molar-refractivity contribution in [1.29, 1.82) is 0 Å². The predicted molar refractivity (Wildman–Crippen MR) is 118 cm³/mol. The fourth-order valence-electron chi connectivity index (χ4n) is 3.68. The summed E-state index contributed by atoms with van der Waals surface area (Å²) in [5.41, 5.74) is 4.28. The molecule has 0 aromatic carbocycles. The number of carbonyl (C=O) groups is 2. The molecule has 4 rings (SSSR count). The SMILES string of the molecule is CC(=O)N1CCN(Cc2cn3cccc(CNC(=O)Nc4ccc(C)nc4)c3n2)CC1. The number of amides is 3.